The van der Waals surface area contributed by atoms with E-state index in [0.29, 0.717) is 0 Å². The predicted octanol–water partition coefficient (Wildman–Crippen LogP) is 3.45. The lowest BCUT2D eigenvalue weighted by Crippen LogP contribution is -2.19. The lowest BCUT2D eigenvalue weighted by molar-refractivity contribution is -0.144. The van der Waals surface area contributed by atoms with E-state index in [0.717, 1.165) is 13.1 Å². The molecule has 1 aromatic rings. The minimum Gasteiger partial charge on any atom is -0.466 e. The van der Waals surface area contributed by atoms with Crippen molar-refractivity contribution >= 4 is 5.97 Å². The van der Waals surface area contributed by atoms with Crippen LogP contribution in [0.25, 0.3) is 0 Å². The number of ether oxygens (including phenoxy) is 1. The minimum absolute atomic E-state index is 0.0201. The molecule has 0 amide bonds. The Bertz CT molecular complexity index is 499. The lowest BCUT2D eigenvalue weighted by Gasteiger charge is -2.17. The number of carbonyl (C=O) groups is 1. The second kappa shape index (κ2) is 6.15. The number of pyridine rings is 1. The van der Waals surface area contributed by atoms with Crippen molar-refractivity contribution in [3.63, 3.8) is 0 Å². The maximum atomic E-state index is 13.0. The van der Waals surface area contributed by atoms with E-state index < -0.39 is 41.8 Å². The number of hydrogen-bond donors (Lipinski definition) is 0. The maximum Gasteiger partial charge on any atom is 0.418 e. The summed E-state index contributed by atoms with van der Waals surface area (Å²) >= 11 is 0. The Morgan fingerprint density at radius 2 is 2.00 bits per heavy atom. The Morgan fingerprint density at radius 3 is 2.45 bits per heavy atom. The fraction of sp³-hybridized carbons (Fsp3) is 0.500. The Labute approximate surface area is 111 Å². The molecule has 0 aliphatic rings. The number of halogens is 5. The van der Waals surface area contributed by atoms with Crippen molar-refractivity contribution < 1.29 is 31.5 Å². The van der Waals surface area contributed by atoms with E-state index in [1.54, 1.807) is 0 Å². The van der Waals surface area contributed by atoms with Crippen LogP contribution in [0.4, 0.5) is 22.0 Å². The number of esters is 1. The van der Waals surface area contributed by atoms with Gasteiger partial charge in [0.25, 0.3) is 6.43 Å². The fourth-order valence-electron chi connectivity index (χ4n) is 1.74. The third-order valence-corrected chi connectivity index (χ3v) is 2.52. The summed E-state index contributed by atoms with van der Waals surface area (Å²) in [5.74, 6) is -0.949. The smallest absolute Gasteiger partial charge is 0.418 e. The standard InChI is InChI=1S/C12H12F5NO2/c1-3-20-8(19)4-7-10(12(15,16)17)9(11(13)14)6(2)5-18-7/h5,11H,3-4H2,1-2H3. The highest BCUT2D eigenvalue weighted by Crippen LogP contribution is 2.39. The van der Waals surface area contributed by atoms with Crippen molar-refractivity contribution in [2.24, 2.45) is 0 Å². The maximum absolute atomic E-state index is 13.0. The van der Waals surface area contributed by atoms with Gasteiger partial charge >= 0.3 is 12.1 Å². The van der Waals surface area contributed by atoms with Gasteiger partial charge in [-0.1, -0.05) is 0 Å². The first-order valence-electron chi connectivity index (χ1n) is 5.67. The predicted molar refractivity (Wildman–Crippen MR) is 59.3 cm³/mol. The van der Waals surface area contributed by atoms with E-state index in [-0.39, 0.29) is 12.2 Å². The van der Waals surface area contributed by atoms with Crippen molar-refractivity contribution in [1.29, 1.82) is 0 Å². The molecule has 1 aromatic heterocycles. The number of hydrogen-bond acceptors (Lipinski definition) is 3. The van der Waals surface area contributed by atoms with Gasteiger partial charge in [0.05, 0.1) is 24.3 Å². The van der Waals surface area contributed by atoms with Gasteiger partial charge in [-0.2, -0.15) is 13.2 Å². The summed E-state index contributed by atoms with van der Waals surface area (Å²) in [5.41, 5.74) is -3.73. The number of carbonyl (C=O) groups excluding carboxylic acids is 1. The molecule has 112 valence electrons. The molecule has 0 radical (unpaired) electrons. The van der Waals surface area contributed by atoms with Crippen LogP contribution in [0, 0.1) is 6.92 Å². The van der Waals surface area contributed by atoms with E-state index in [1.165, 1.54) is 6.92 Å². The summed E-state index contributed by atoms with van der Waals surface area (Å²) < 4.78 is 69.1. The molecule has 8 heteroatoms. The summed E-state index contributed by atoms with van der Waals surface area (Å²) in [6.45, 7) is 2.57. The molecule has 0 bridgehead atoms. The molecule has 0 fully saturated rings. The molecule has 20 heavy (non-hydrogen) atoms. The van der Waals surface area contributed by atoms with Crippen LogP contribution >= 0.6 is 0 Å². The highest BCUT2D eigenvalue weighted by atomic mass is 19.4. The second-order valence-electron chi connectivity index (χ2n) is 3.96. The van der Waals surface area contributed by atoms with Crippen molar-refractivity contribution in [2.45, 2.75) is 32.9 Å². The van der Waals surface area contributed by atoms with Gasteiger partial charge in [-0.15, -0.1) is 0 Å². The first-order chi connectivity index (χ1) is 9.18. The second-order valence-corrected chi connectivity index (χ2v) is 3.96. The first kappa shape index (κ1) is 16.3. The molecule has 0 aliphatic carbocycles. The molecule has 0 atom stereocenters. The van der Waals surface area contributed by atoms with Gasteiger partial charge in [0.1, 0.15) is 0 Å². The summed E-state index contributed by atoms with van der Waals surface area (Å²) in [4.78, 5) is 14.7. The average Bonchev–Trinajstić information content (AvgIpc) is 2.29. The van der Waals surface area contributed by atoms with Crippen LogP contribution in [0.3, 0.4) is 0 Å². The number of rotatable bonds is 4. The van der Waals surface area contributed by atoms with Crippen LogP contribution in [-0.4, -0.2) is 17.6 Å². The van der Waals surface area contributed by atoms with Gasteiger partial charge < -0.3 is 4.74 Å². The molecule has 3 nitrogen and oxygen atoms in total. The van der Waals surface area contributed by atoms with Crippen LogP contribution in [0.5, 0.6) is 0 Å². The van der Waals surface area contributed by atoms with E-state index in [4.69, 9.17) is 0 Å². The molecule has 0 spiro atoms. The highest BCUT2D eigenvalue weighted by Gasteiger charge is 2.40. The molecule has 1 heterocycles. The van der Waals surface area contributed by atoms with E-state index in [2.05, 4.69) is 9.72 Å². The highest BCUT2D eigenvalue weighted by molar-refractivity contribution is 5.72. The molecule has 0 saturated carbocycles. The summed E-state index contributed by atoms with van der Waals surface area (Å²) in [5, 5.41) is 0. The zero-order chi connectivity index (χ0) is 15.5. The van der Waals surface area contributed by atoms with Crippen molar-refractivity contribution in [3.05, 3.63) is 28.6 Å². The molecule has 0 unspecified atom stereocenters. The third-order valence-electron chi connectivity index (χ3n) is 2.52. The topological polar surface area (TPSA) is 39.2 Å². The molecule has 0 aliphatic heterocycles. The number of alkyl halides is 5. The van der Waals surface area contributed by atoms with Crippen LogP contribution in [-0.2, 0) is 22.1 Å². The van der Waals surface area contributed by atoms with E-state index in [1.807, 2.05) is 0 Å². The van der Waals surface area contributed by atoms with E-state index in [9.17, 15) is 26.7 Å². The molecule has 0 saturated heterocycles. The monoisotopic (exact) mass is 297 g/mol. The Kier molecular flexibility index (Phi) is 5.02. The van der Waals surface area contributed by atoms with Gasteiger partial charge in [0.15, 0.2) is 0 Å². The van der Waals surface area contributed by atoms with Gasteiger partial charge in [-0.05, 0) is 19.4 Å². The summed E-state index contributed by atoms with van der Waals surface area (Å²) in [7, 11) is 0. The zero-order valence-electron chi connectivity index (χ0n) is 10.7. The summed E-state index contributed by atoms with van der Waals surface area (Å²) in [6, 6.07) is 0. The number of aryl methyl sites for hydroxylation is 1. The third kappa shape index (κ3) is 3.64. The fourth-order valence-corrected chi connectivity index (χ4v) is 1.74. The quantitative estimate of drug-likeness (QED) is 0.631. The molecular weight excluding hydrogens is 285 g/mol. The van der Waals surface area contributed by atoms with Crippen LogP contribution in [0.15, 0.2) is 6.20 Å². The average molecular weight is 297 g/mol. The lowest BCUT2D eigenvalue weighted by atomic mass is 10.00. The van der Waals surface area contributed by atoms with Crippen molar-refractivity contribution in [2.75, 3.05) is 6.61 Å². The van der Waals surface area contributed by atoms with Gasteiger partial charge in [-0.25, -0.2) is 8.78 Å². The Morgan fingerprint density at radius 1 is 1.40 bits per heavy atom. The van der Waals surface area contributed by atoms with Gasteiger partial charge in [0, 0.05) is 11.8 Å². The van der Waals surface area contributed by atoms with Crippen molar-refractivity contribution in [1.82, 2.24) is 4.98 Å². The van der Waals surface area contributed by atoms with Gasteiger partial charge in [0.2, 0.25) is 0 Å². The van der Waals surface area contributed by atoms with Crippen LogP contribution in [0.2, 0.25) is 0 Å². The number of nitrogens with zero attached hydrogens (tertiary/aromatic N) is 1. The minimum atomic E-state index is -5.02. The molecule has 0 aromatic carbocycles. The van der Waals surface area contributed by atoms with Crippen molar-refractivity contribution in [3.8, 4) is 0 Å². The largest absolute Gasteiger partial charge is 0.466 e. The normalized spacial score (nSPS) is 11.8. The first-order valence-corrected chi connectivity index (χ1v) is 5.67. The zero-order valence-corrected chi connectivity index (χ0v) is 10.7. The Balaban J connectivity index is 3.38. The summed E-state index contributed by atoms with van der Waals surface area (Å²) in [6.07, 6.45) is -8.24. The van der Waals surface area contributed by atoms with Gasteiger partial charge in [-0.3, -0.25) is 9.78 Å². The molecule has 1 rings (SSSR count). The van der Waals surface area contributed by atoms with Crippen LogP contribution in [0.1, 0.15) is 35.7 Å². The number of aromatic nitrogens is 1. The molecular formula is C12H12F5NO2. The van der Waals surface area contributed by atoms with E-state index >= 15 is 0 Å². The Hall–Kier alpha value is -1.73. The SMILES string of the molecule is CCOC(=O)Cc1ncc(C)c(C(F)F)c1C(F)(F)F. The molecule has 0 N–H and O–H groups in total. The van der Waals surface area contributed by atoms with Crippen LogP contribution < -0.4 is 0 Å².